The first-order chi connectivity index (χ1) is 6.44. The second kappa shape index (κ2) is 4.29. The minimum atomic E-state index is -2.89. The summed E-state index contributed by atoms with van der Waals surface area (Å²) in [5, 5.41) is 0. The molecule has 14 heavy (non-hydrogen) atoms. The Morgan fingerprint density at radius 2 is 2.14 bits per heavy atom. The SMILES string of the molecule is CC(C)CN(C=O)[C@@H]1CCS(=O)(=O)C1. The van der Waals surface area contributed by atoms with Gasteiger partial charge in [-0.1, -0.05) is 13.8 Å². The lowest BCUT2D eigenvalue weighted by Crippen LogP contribution is -2.37. The van der Waals surface area contributed by atoms with Crippen molar-refractivity contribution in [2.24, 2.45) is 5.92 Å². The Labute approximate surface area is 85.2 Å². The number of hydrogen-bond acceptors (Lipinski definition) is 3. The third-order valence-corrected chi connectivity index (χ3v) is 4.14. The summed E-state index contributed by atoms with van der Waals surface area (Å²) in [4.78, 5) is 12.4. The number of amides is 1. The zero-order chi connectivity index (χ0) is 10.8. The standard InChI is InChI=1S/C9H17NO3S/c1-8(2)5-10(7-11)9-3-4-14(12,13)6-9/h7-9H,3-6H2,1-2H3/t9-/m1/s1. The second-order valence-corrected chi connectivity index (χ2v) is 6.48. The Morgan fingerprint density at radius 1 is 1.50 bits per heavy atom. The van der Waals surface area contributed by atoms with Crippen LogP contribution in [0.3, 0.4) is 0 Å². The summed E-state index contributed by atoms with van der Waals surface area (Å²) in [5.41, 5.74) is 0. The minimum Gasteiger partial charge on any atom is -0.341 e. The van der Waals surface area contributed by atoms with Crippen LogP contribution in [0.25, 0.3) is 0 Å². The van der Waals surface area contributed by atoms with Crippen LogP contribution in [0, 0.1) is 5.92 Å². The van der Waals surface area contributed by atoms with Crippen molar-refractivity contribution in [2.75, 3.05) is 18.1 Å². The van der Waals surface area contributed by atoms with E-state index >= 15 is 0 Å². The molecule has 0 saturated carbocycles. The van der Waals surface area contributed by atoms with E-state index < -0.39 is 9.84 Å². The lowest BCUT2D eigenvalue weighted by Gasteiger charge is -2.25. The van der Waals surface area contributed by atoms with E-state index in [0.29, 0.717) is 18.9 Å². The first-order valence-electron chi connectivity index (χ1n) is 4.86. The molecule has 1 aliphatic rings. The maximum atomic E-state index is 11.2. The summed E-state index contributed by atoms with van der Waals surface area (Å²) in [6.45, 7) is 4.67. The molecule has 1 amide bonds. The molecule has 1 atom stereocenters. The Bertz CT molecular complexity index is 297. The van der Waals surface area contributed by atoms with Crippen molar-refractivity contribution < 1.29 is 13.2 Å². The molecule has 0 aromatic carbocycles. The smallest absolute Gasteiger partial charge is 0.209 e. The van der Waals surface area contributed by atoms with Gasteiger partial charge in [0.25, 0.3) is 0 Å². The summed E-state index contributed by atoms with van der Waals surface area (Å²) >= 11 is 0. The van der Waals surface area contributed by atoms with Crippen LogP contribution < -0.4 is 0 Å². The Hall–Kier alpha value is -0.580. The van der Waals surface area contributed by atoms with E-state index in [1.165, 1.54) is 0 Å². The van der Waals surface area contributed by atoms with Crippen molar-refractivity contribution in [3.63, 3.8) is 0 Å². The van der Waals surface area contributed by atoms with Gasteiger partial charge in [-0.05, 0) is 12.3 Å². The van der Waals surface area contributed by atoms with Crippen molar-refractivity contribution in [3.05, 3.63) is 0 Å². The summed E-state index contributed by atoms with van der Waals surface area (Å²) in [6.07, 6.45) is 1.36. The van der Waals surface area contributed by atoms with Crippen LogP contribution in [0.2, 0.25) is 0 Å². The normalized spacial score (nSPS) is 25.2. The van der Waals surface area contributed by atoms with Crippen molar-refractivity contribution in [2.45, 2.75) is 26.3 Å². The van der Waals surface area contributed by atoms with Gasteiger partial charge in [0.15, 0.2) is 9.84 Å². The van der Waals surface area contributed by atoms with Gasteiger partial charge in [-0.3, -0.25) is 4.79 Å². The van der Waals surface area contributed by atoms with Crippen molar-refractivity contribution in [3.8, 4) is 0 Å². The van der Waals surface area contributed by atoms with E-state index in [1.807, 2.05) is 13.8 Å². The van der Waals surface area contributed by atoms with E-state index in [1.54, 1.807) is 4.90 Å². The van der Waals surface area contributed by atoms with Crippen LogP contribution in [-0.2, 0) is 14.6 Å². The van der Waals surface area contributed by atoms with Gasteiger partial charge in [0, 0.05) is 12.6 Å². The third kappa shape index (κ3) is 2.97. The zero-order valence-electron chi connectivity index (χ0n) is 8.64. The number of carbonyl (C=O) groups is 1. The highest BCUT2D eigenvalue weighted by Crippen LogP contribution is 2.17. The summed E-state index contributed by atoms with van der Waals surface area (Å²) in [7, 11) is -2.89. The van der Waals surface area contributed by atoms with Crippen LogP contribution in [0.5, 0.6) is 0 Å². The number of hydrogen-bond donors (Lipinski definition) is 0. The van der Waals surface area contributed by atoms with Gasteiger partial charge in [-0.15, -0.1) is 0 Å². The fourth-order valence-electron chi connectivity index (χ4n) is 1.74. The summed E-state index contributed by atoms with van der Waals surface area (Å²) in [5.74, 6) is 0.738. The monoisotopic (exact) mass is 219 g/mol. The van der Waals surface area contributed by atoms with Gasteiger partial charge in [0.1, 0.15) is 0 Å². The highest BCUT2D eigenvalue weighted by molar-refractivity contribution is 7.91. The fraction of sp³-hybridized carbons (Fsp3) is 0.889. The molecule has 0 aromatic rings. The largest absolute Gasteiger partial charge is 0.341 e. The van der Waals surface area contributed by atoms with Crippen LogP contribution in [0.15, 0.2) is 0 Å². The van der Waals surface area contributed by atoms with Gasteiger partial charge < -0.3 is 4.90 Å². The molecule has 4 nitrogen and oxygen atoms in total. The molecular formula is C9H17NO3S. The van der Waals surface area contributed by atoms with E-state index in [2.05, 4.69) is 0 Å². The van der Waals surface area contributed by atoms with Crippen LogP contribution in [-0.4, -0.2) is 43.8 Å². The zero-order valence-corrected chi connectivity index (χ0v) is 9.46. The Morgan fingerprint density at radius 3 is 2.50 bits per heavy atom. The average Bonchev–Trinajstić information content (AvgIpc) is 2.41. The van der Waals surface area contributed by atoms with E-state index in [9.17, 15) is 13.2 Å². The van der Waals surface area contributed by atoms with Gasteiger partial charge >= 0.3 is 0 Å². The topological polar surface area (TPSA) is 54.5 Å². The number of rotatable bonds is 4. The molecule has 5 heteroatoms. The molecule has 0 unspecified atom stereocenters. The molecule has 1 fully saturated rings. The second-order valence-electron chi connectivity index (χ2n) is 4.25. The molecule has 1 aliphatic heterocycles. The first kappa shape index (κ1) is 11.5. The molecule has 0 spiro atoms. The lowest BCUT2D eigenvalue weighted by atomic mass is 10.1. The van der Waals surface area contributed by atoms with Crippen LogP contribution in [0.4, 0.5) is 0 Å². The molecule has 0 bridgehead atoms. The van der Waals surface area contributed by atoms with Gasteiger partial charge in [0.05, 0.1) is 11.5 Å². The molecule has 1 saturated heterocycles. The maximum absolute atomic E-state index is 11.2. The minimum absolute atomic E-state index is 0.0973. The predicted octanol–water partition coefficient (Wildman–Crippen LogP) is 0.288. The van der Waals surface area contributed by atoms with Crippen LogP contribution >= 0.6 is 0 Å². The molecule has 1 rings (SSSR count). The summed E-state index contributed by atoms with van der Waals surface area (Å²) < 4.78 is 22.4. The van der Waals surface area contributed by atoms with Gasteiger partial charge in [-0.2, -0.15) is 0 Å². The van der Waals surface area contributed by atoms with Crippen molar-refractivity contribution in [1.29, 1.82) is 0 Å². The van der Waals surface area contributed by atoms with Crippen LogP contribution in [0.1, 0.15) is 20.3 Å². The first-order valence-corrected chi connectivity index (χ1v) is 6.68. The highest BCUT2D eigenvalue weighted by atomic mass is 32.2. The molecular weight excluding hydrogens is 202 g/mol. The molecule has 0 aromatic heterocycles. The Kier molecular flexibility index (Phi) is 3.53. The molecule has 0 radical (unpaired) electrons. The third-order valence-electron chi connectivity index (χ3n) is 2.39. The van der Waals surface area contributed by atoms with Gasteiger partial charge in [0.2, 0.25) is 6.41 Å². The van der Waals surface area contributed by atoms with Gasteiger partial charge in [-0.25, -0.2) is 8.42 Å². The number of carbonyl (C=O) groups excluding carboxylic acids is 1. The van der Waals surface area contributed by atoms with E-state index in [4.69, 9.17) is 0 Å². The maximum Gasteiger partial charge on any atom is 0.209 e. The summed E-state index contributed by atoms with van der Waals surface area (Å²) in [6, 6.07) is -0.0973. The number of sulfone groups is 1. The van der Waals surface area contributed by atoms with E-state index in [-0.39, 0.29) is 17.5 Å². The molecule has 0 N–H and O–H groups in total. The van der Waals surface area contributed by atoms with E-state index in [0.717, 1.165) is 6.41 Å². The molecule has 0 aliphatic carbocycles. The van der Waals surface area contributed by atoms with Crippen molar-refractivity contribution in [1.82, 2.24) is 4.90 Å². The molecule has 1 heterocycles. The predicted molar refractivity (Wildman–Crippen MR) is 54.7 cm³/mol. The lowest BCUT2D eigenvalue weighted by molar-refractivity contribution is -0.120. The average molecular weight is 219 g/mol. The quantitative estimate of drug-likeness (QED) is 0.638. The highest BCUT2D eigenvalue weighted by Gasteiger charge is 2.31. The van der Waals surface area contributed by atoms with Crippen molar-refractivity contribution >= 4 is 16.2 Å². The fourth-order valence-corrected chi connectivity index (χ4v) is 3.48. The Balaban J connectivity index is 2.59. The molecule has 82 valence electrons. The number of nitrogens with zero attached hydrogens (tertiary/aromatic N) is 1.